The molecule has 0 aliphatic heterocycles. The van der Waals surface area contributed by atoms with Gasteiger partial charge in [-0.1, -0.05) is 12.1 Å². The first-order valence-electron chi connectivity index (χ1n) is 5.01. The van der Waals surface area contributed by atoms with Gasteiger partial charge in [-0.15, -0.1) is 12.4 Å². The summed E-state index contributed by atoms with van der Waals surface area (Å²) in [6.07, 6.45) is 1.71. The Morgan fingerprint density at radius 1 is 1.47 bits per heavy atom. The number of aromatic amines is 1. The van der Waals surface area contributed by atoms with Gasteiger partial charge in [0.05, 0.1) is 22.9 Å². The number of fused-ring (bicyclic) bond motifs is 1. The van der Waals surface area contributed by atoms with Crippen molar-refractivity contribution in [2.45, 2.75) is 19.4 Å². The van der Waals surface area contributed by atoms with Crippen molar-refractivity contribution in [2.75, 3.05) is 5.32 Å². The lowest BCUT2D eigenvalue weighted by atomic mass is 10.1. The molecular weight excluding hydrogens is 240 g/mol. The molecule has 0 bridgehead atoms. The van der Waals surface area contributed by atoms with Crippen molar-refractivity contribution in [1.29, 1.82) is 0 Å². The summed E-state index contributed by atoms with van der Waals surface area (Å²) in [4.78, 5) is 11.7. The van der Waals surface area contributed by atoms with Crippen LogP contribution in [0.4, 0.5) is 5.69 Å². The Bertz CT molecular complexity index is 529. The van der Waals surface area contributed by atoms with Crippen LogP contribution in [0.3, 0.4) is 0 Å². The minimum absolute atomic E-state index is 0. The first-order chi connectivity index (χ1) is 7.48. The summed E-state index contributed by atoms with van der Waals surface area (Å²) < 4.78 is 0. The summed E-state index contributed by atoms with van der Waals surface area (Å²) in [6, 6.07) is 5.59. The number of nitrogens with one attached hydrogen (secondary N) is 2. The summed E-state index contributed by atoms with van der Waals surface area (Å²) in [5.41, 5.74) is 6.31. The van der Waals surface area contributed by atoms with E-state index in [9.17, 15) is 4.79 Å². The largest absolute Gasteiger partial charge is 0.323 e. The molecule has 0 aliphatic rings. The normalized spacial score (nSPS) is 11.0. The quantitative estimate of drug-likeness (QED) is 0.762. The van der Waals surface area contributed by atoms with Crippen molar-refractivity contribution >= 4 is 34.9 Å². The second-order valence-corrected chi connectivity index (χ2v) is 4.32. The molecule has 0 saturated heterocycles. The number of aromatic nitrogens is 2. The number of benzene rings is 1. The molecule has 0 saturated carbocycles. The molecule has 1 aromatic heterocycles. The predicted octanol–water partition coefficient (Wildman–Crippen LogP) is 1.66. The highest BCUT2D eigenvalue weighted by atomic mass is 35.5. The topological polar surface area (TPSA) is 83.8 Å². The van der Waals surface area contributed by atoms with E-state index in [1.165, 1.54) is 0 Å². The zero-order valence-electron chi connectivity index (χ0n) is 9.65. The number of halogens is 1. The molecule has 5 nitrogen and oxygen atoms in total. The van der Waals surface area contributed by atoms with Crippen LogP contribution < -0.4 is 11.1 Å². The van der Waals surface area contributed by atoms with Crippen LogP contribution in [0.1, 0.15) is 13.8 Å². The number of hydrogen-bond donors (Lipinski definition) is 3. The highest BCUT2D eigenvalue weighted by Crippen LogP contribution is 2.21. The molecule has 0 spiro atoms. The third-order valence-corrected chi connectivity index (χ3v) is 2.31. The third kappa shape index (κ3) is 2.75. The summed E-state index contributed by atoms with van der Waals surface area (Å²) in [7, 11) is 0. The van der Waals surface area contributed by atoms with Gasteiger partial charge in [0.2, 0.25) is 5.91 Å². The summed E-state index contributed by atoms with van der Waals surface area (Å²) in [6.45, 7) is 3.32. The van der Waals surface area contributed by atoms with Gasteiger partial charge >= 0.3 is 0 Å². The molecular formula is C11H15ClN4O. The molecule has 1 amide bonds. The Labute approximate surface area is 105 Å². The summed E-state index contributed by atoms with van der Waals surface area (Å²) in [5.74, 6) is -0.227. The minimum atomic E-state index is -0.901. The fraction of sp³-hybridized carbons (Fsp3) is 0.273. The Morgan fingerprint density at radius 3 is 2.82 bits per heavy atom. The van der Waals surface area contributed by atoms with E-state index in [1.807, 2.05) is 18.2 Å². The van der Waals surface area contributed by atoms with Gasteiger partial charge in [0.15, 0.2) is 0 Å². The zero-order valence-corrected chi connectivity index (χ0v) is 10.5. The second kappa shape index (κ2) is 4.73. The molecule has 0 atom stereocenters. The van der Waals surface area contributed by atoms with E-state index < -0.39 is 5.54 Å². The first kappa shape index (κ1) is 13.5. The average Bonchev–Trinajstić information content (AvgIpc) is 2.65. The van der Waals surface area contributed by atoms with Crippen LogP contribution in [0.25, 0.3) is 10.9 Å². The van der Waals surface area contributed by atoms with Gasteiger partial charge in [-0.25, -0.2) is 0 Å². The van der Waals surface area contributed by atoms with Crippen LogP contribution in [0.15, 0.2) is 24.4 Å². The van der Waals surface area contributed by atoms with Crippen molar-refractivity contribution in [3.8, 4) is 0 Å². The molecule has 1 aromatic carbocycles. The summed E-state index contributed by atoms with van der Waals surface area (Å²) in [5, 5.41) is 10.5. The highest BCUT2D eigenvalue weighted by Gasteiger charge is 2.22. The molecule has 2 aromatic rings. The number of carbonyl (C=O) groups is 1. The van der Waals surface area contributed by atoms with Gasteiger partial charge in [0.25, 0.3) is 0 Å². The van der Waals surface area contributed by atoms with Crippen LogP contribution in [-0.2, 0) is 4.79 Å². The van der Waals surface area contributed by atoms with E-state index in [2.05, 4.69) is 15.5 Å². The van der Waals surface area contributed by atoms with Crippen molar-refractivity contribution < 1.29 is 4.79 Å². The number of H-pyrrole nitrogens is 1. The maximum Gasteiger partial charge on any atom is 0.243 e. The number of hydrogen-bond acceptors (Lipinski definition) is 3. The molecule has 17 heavy (non-hydrogen) atoms. The van der Waals surface area contributed by atoms with E-state index in [4.69, 9.17) is 5.73 Å². The minimum Gasteiger partial charge on any atom is -0.323 e. The maximum atomic E-state index is 11.7. The molecule has 6 heteroatoms. The van der Waals surface area contributed by atoms with Crippen LogP contribution >= 0.6 is 12.4 Å². The zero-order chi connectivity index (χ0) is 11.8. The van der Waals surface area contributed by atoms with Gasteiger partial charge < -0.3 is 11.1 Å². The Hall–Kier alpha value is -1.59. The molecule has 0 fully saturated rings. The van der Waals surface area contributed by atoms with Crippen LogP contribution in [-0.4, -0.2) is 21.6 Å². The van der Waals surface area contributed by atoms with Gasteiger partial charge in [0.1, 0.15) is 0 Å². The second-order valence-electron chi connectivity index (χ2n) is 4.32. The predicted molar refractivity (Wildman–Crippen MR) is 70.2 cm³/mol. The van der Waals surface area contributed by atoms with Crippen molar-refractivity contribution in [1.82, 2.24) is 10.2 Å². The molecule has 4 N–H and O–H groups in total. The van der Waals surface area contributed by atoms with Crippen molar-refractivity contribution in [3.05, 3.63) is 24.4 Å². The monoisotopic (exact) mass is 254 g/mol. The van der Waals surface area contributed by atoms with E-state index >= 15 is 0 Å². The molecule has 0 aliphatic carbocycles. The fourth-order valence-electron chi connectivity index (χ4n) is 1.36. The van der Waals surface area contributed by atoms with E-state index in [1.54, 1.807) is 20.0 Å². The number of anilines is 1. The number of carbonyl (C=O) groups excluding carboxylic acids is 1. The van der Waals surface area contributed by atoms with E-state index in [0.717, 1.165) is 10.9 Å². The number of amides is 1. The molecule has 92 valence electrons. The number of rotatable bonds is 2. The van der Waals surface area contributed by atoms with Gasteiger partial charge in [-0.3, -0.25) is 9.89 Å². The van der Waals surface area contributed by atoms with Crippen LogP contribution in [0.5, 0.6) is 0 Å². The summed E-state index contributed by atoms with van der Waals surface area (Å²) >= 11 is 0. The molecule has 0 radical (unpaired) electrons. The van der Waals surface area contributed by atoms with Crippen molar-refractivity contribution in [3.63, 3.8) is 0 Å². The third-order valence-electron chi connectivity index (χ3n) is 2.31. The van der Waals surface area contributed by atoms with Crippen LogP contribution in [0, 0.1) is 0 Å². The number of para-hydroxylation sites is 1. The first-order valence-corrected chi connectivity index (χ1v) is 5.01. The highest BCUT2D eigenvalue weighted by molar-refractivity contribution is 6.03. The van der Waals surface area contributed by atoms with Gasteiger partial charge in [0, 0.05) is 5.39 Å². The Balaban J connectivity index is 0.00000144. The molecule has 1 heterocycles. The smallest absolute Gasteiger partial charge is 0.243 e. The van der Waals surface area contributed by atoms with E-state index in [-0.39, 0.29) is 18.3 Å². The lowest BCUT2D eigenvalue weighted by Crippen LogP contribution is -2.45. The Morgan fingerprint density at radius 2 is 2.18 bits per heavy atom. The lowest BCUT2D eigenvalue weighted by Gasteiger charge is -2.17. The molecule has 0 unspecified atom stereocenters. The van der Waals surface area contributed by atoms with E-state index in [0.29, 0.717) is 5.69 Å². The number of nitrogens with two attached hydrogens (primary N) is 1. The standard InChI is InChI=1S/C11H14N4O.ClH/c1-11(2,12)10(16)14-8-5-3-4-7-6-13-15-9(7)8;/h3-6H,12H2,1-2H3,(H,13,15)(H,14,16);1H. The Kier molecular flexibility index (Phi) is 3.75. The molecule has 2 rings (SSSR count). The lowest BCUT2D eigenvalue weighted by molar-refractivity contribution is -0.120. The van der Waals surface area contributed by atoms with Gasteiger partial charge in [-0.2, -0.15) is 5.10 Å². The van der Waals surface area contributed by atoms with Crippen LogP contribution in [0.2, 0.25) is 0 Å². The number of nitrogens with zero attached hydrogens (tertiary/aromatic N) is 1. The SMILES string of the molecule is CC(C)(N)C(=O)Nc1cccc2cn[nH]c12.Cl. The fourth-order valence-corrected chi connectivity index (χ4v) is 1.36. The van der Waals surface area contributed by atoms with Crippen molar-refractivity contribution in [2.24, 2.45) is 5.73 Å². The maximum absolute atomic E-state index is 11.7. The van der Waals surface area contributed by atoms with Gasteiger partial charge in [-0.05, 0) is 19.9 Å². The average molecular weight is 255 g/mol.